The molecular formula is C14H11N3O2. The average Bonchev–Trinajstić information content (AvgIpc) is 3.16. The van der Waals surface area contributed by atoms with Crippen LogP contribution >= 0.6 is 0 Å². The van der Waals surface area contributed by atoms with Crippen LogP contribution in [0.2, 0.25) is 0 Å². The maximum atomic E-state index is 10.8. The van der Waals surface area contributed by atoms with Gasteiger partial charge in [-0.3, -0.25) is 9.67 Å². The topological polar surface area (TPSA) is 68.0 Å². The van der Waals surface area contributed by atoms with E-state index in [0.717, 1.165) is 5.56 Å². The Labute approximate surface area is 109 Å². The Bertz CT molecular complexity index is 690. The van der Waals surface area contributed by atoms with Gasteiger partial charge in [0.2, 0.25) is 0 Å². The van der Waals surface area contributed by atoms with Crippen LogP contribution in [0.4, 0.5) is 0 Å². The highest BCUT2D eigenvalue weighted by Gasteiger charge is 2.23. The fourth-order valence-electron chi connectivity index (χ4n) is 1.71. The molecule has 0 aliphatic heterocycles. The van der Waals surface area contributed by atoms with Crippen molar-refractivity contribution < 1.29 is 9.90 Å². The van der Waals surface area contributed by atoms with Crippen molar-refractivity contribution in [3.8, 4) is 11.8 Å². The van der Waals surface area contributed by atoms with Crippen molar-refractivity contribution in [2.45, 2.75) is 18.9 Å². The number of rotatable bonds is 2. The summed E-state index contributed by atoms with van der Waals surface area (Å²) >= 11 is 0. The van der Waals surface area contributed by atoms with Gasteiger partial charge in [-0.2, -0.15) is 5.10 Å². The summed E-state index contributed by atoms with van der Waals surface area (Å²) in [7, 11) is 0. The van der Waals surface area contributed by atoms with Gasteiger partial charge >= 0.3 is 5.97 Å². The third kappa shape index (κ3) is 2.63. The Hall–Kier alpha value is -2.61. The highest BCUT2D eigenvalue weighted by Crippen LogP contribution is 2.33. The molecule has 1 fully saturated rings. The summed E-state index contributed by atoms with van der Waals surface area (Å²) < 4.78 is 1.93. The van der Waals surface area contributed by atoms with Crippen molar-refractivity contribution in [2.75, 3.05) is 0 Å². The van der Waals surface area contributed by atoms with E-state index >= 15 is 0 Å². The lowest BCUT2D eigenvalue weighted by Gasteiger charge is -1.93. The van der Waals surface area contributed by atoms with E-state index in [0.29, 0.717) is 11.6 Å². The number of carboxylic acid groups (broad SMARTS) is 1. The van der Waals surface area contributed by atoms with Gasteiger partial charge in [-0.1, -0.05) is 11.8 Å². The number of carbonyl (C=O) groups is 1. The molecule has 2 aromatic rings. The molecule has 1 aliphatic carbocycles. The molecule has 1 aliphatic rings. The maximum absolute atomic E-state index is 10.8. The van der Waals surface area contributed by atoms with Gasteiger partial charge in [0.05, 0.1) is 23.4 Å². The summed E-state index contributed by atoms with van der Waals surface area (Å²) in [5, 5.41) is 13.1. The first-order valence-corrected chi connectivity index (χ1v) is 5.97. The van der Waals surface area contributed by atoms with E-state index in [9.17, 15) is 4.79 Å². The van der Waals surface area contributed by atoms with Crippen molar-refractivity contribution in [3.63, 3.8) is 0 Å². The molecule has 19 heavy (non-hydrogen) atoms. The molecule has 0 spiro atoms. The van der Waals surface area contributed by atoms with Crippen molar-refractivity contribution in [1.82, 2.24) is 14.8 Å². The monoisotopic (exact) mass is 253 g/mol. The number of nitrogens with zero attached hydrogens (tertiary/aromatic N) is 3. The molecule has 1 N–H and O–H groups in total. The van der Waals surface area contributed by atoms with Crippen LogP contribution in [0.5, 0.6) is 0 Å². The molecule has 0 saturated heterocycles. The Morgan fingerprint density at radius 2 is 2.05 bits per heavy atom. The normalized spacial score (nSPS) is 13.7. The van der Waals surface area contributed by atoms with Gasteiger partial charge in [0.25, 0.3) is 0 Å². The predicted octanol–water partition coefficient (Wildman–Crippen LogP) is 1.71. The summed E-state index contributed by atoms with van der Waals surface area (Å²) in [6, 6.07) is 2.04. The molecule has 0 unspecified atom stereocenters. The quantitative estimate of drug-likeness (QED) is 0.827. The molecule has 1 saturated carbocycles. The maximum Gasteiger partial charge on any atom is 0.337 e. The van der Waals surface area contributed by atoms with Gasteiger partial charge in [-0.25, -0.2) is 4.79 Å². The van der Waals surface area contributed by atoms with Crippen molar-refractivity contribution >= 4 is 5.97 Å². The van der Waals surface area contributed by atoms with E-state index in [1.165, 1.54) is 25.1 Å². The minimum atomic E-state index is -1.00. The number of aromatic carboxylic acids is 1. The van der Waals surface area contributed by atoms with Gasteiger partial charge in [-0.15, -0.1) is 0 Å². The molecule has 0 radical (unpaired) electrons. The summed E-state index contributed by atoms with van der Waals surface area (Å²) in [6.45, 7) is 0. The number of aromatic nitrogens is 3. The fraction of sp³-hybridized carbons (Fsp3) is 0.214. The highest BCUT2D eigenvalue weighted by atomic mass is 16.4. The third-order valence-corrected chi connectivity index (χ3v) is 2.86. The zero-order valence-electron chi connectivity index (χ0n) is 10.1. The molecule has 5 nitrogen and oxygen atoms in total. The molecule has 3 rings (SSSR count). The molecular weight excluding hydrogens is 242 g/mol. The van der Waals surface area contributed by atoms with Crippen LogP contribution in [0.1, 0.15) is 40.4 Å². The van der Waals surface area contributed by atoms with E-state index < -0.39 is 5.97 Å². The van der Waals surface area contributed by atoms with Crippen LogP contribution in [0.15, 0.2) is 30.9 Å². The van der Waals surface area contributed by atoms with E-state index in [1.54, 1.807) is 12.4 Å². The number of hydrogen-bond acceptors (Lipinski definition) is 3. The minimum Gasteiger partial charge on any atom is -0.478 e. The third-order valence-electron chi connectivity index (χ3n) is 2.86. The summed E-state index contributed by atoms with van der Waals surface area (Å²) in [6.07, 6.45) is 8.85. The molecule has 0 amide bonds. The molecule has 0 aromatic carbocycles. The van der Waals surface area contributed by atoms with Crippen LogP contribution in [0, 0.1) is 11.8 Å². The predicted molar refractivity (Wildman–Crippen MR) is 67.7 cm³/mol. The lowest BCUT2D eigenvalue weighted by Crippen LogP contribution is -1.97. The fourth-order valence-corrected chi connectivity index (χ4v) is 1.71. The Balaban J connectivity index is 1.82. The second kappa shape index (κ2) is 4.58. The SMILES string of the molecule is O=C(O)c1cncc(C#Cc2cnn(C3CC3)c2)c1. The van der Waals surface area contributed by atoms with Gasteiger partial charge in [-0.05, 0) is 18.9 Å². The molecule has 0 bridgehead atoms. The largest absolute Gasteiger partial charge is 0.478 e. The van der Waals surface area contributed by atoms with Crippen LogP contribution in [-0.2, 0) is 0 Å². The van der Waals surface area contributed by atoms with Crippen LogP contribution in [-0.4, -0.2) is 25.8 Å². The minimum absolute atomic E-state index is 0.139. The first-order valence-electron chi connectivity index (χ1n) is 5.97. The van der Waals surface area contributed by atoms with Crippen molar-refractivity contribution in [2.24, 2.45) is 0 Å². The van der Waals surface area contributed by atoms with E-state index in [4.69, 9.17) is 5.11 Å². The van der Waals surface area contributed by atoms with E-state index in [1.807, 2.05) is 10.9 Å². The summed E-state index contributed by atoms with van der Waals surface area (Å²) in [4.78, 5) is 14.7. The number of carboxylic acids is 1. The van der Waals surface area contributed by atoms with Crippen LogP contribution in [0.25, 0.3) is 0 Å². The zero-order valence-corrected chi connectivity index (χ0v) is 10.1. The number of pyridine rings is 1. The van der Waals surface area contributed by atoms with Gasteiger partial charge in [0.1, 0.15) is 0 Å². The Morgan fingerprint density at radius 3 is 2.79 bits per heavy atom. The van der Waals surface area contributed by atoms with Crippen LogP contribution in [0.3, 0.4) is 0 Å². The molecule has 2 aromatic heterocycles. The zero-order chi connectivity index (χ0) is 13.2. The summed E-state index contributed by atoms with van der Waals surface area (Å²) in [5.41, 5.74) is 1.55. The van der Waals surface area contributed by atoms with Crippen molar-refractivity contribution in [1.29, 1.82) is 0 Å². The molecule has 2 heterocycles. The second-order valence-electron chi connectivity index (χ2n) is 4.46. The Morgan fingerprint density at radius 1 is 1.26 bits per heavy atom. The second-order valence-corrected chi connectivity index (χ2v) is 4.46. The first-order chi connectivity index (χ1) is 9.22. The van der Waals surface area contributed by atoms with E-state index in [2.05, 4.69) is 21.9 Å². The van der Waals surface area contributed by atoms with Gasteiger partial charge in [0.15, 0.2) is 0 Å². The lowest BCUT2D eigenvalue weighted by molar-refractivity contribution is 0.0696. The Kier molecular flexibility index (Phi) is 2.76. The smallest absolute Gasteiger partial charge is 0.337 e. The molecule has 5 heteroatoms. The molecule has 94 valence electrons. The van der Waals surface area contributed by atoms with Gasteiger partial charge < -0.3 is 5.11 Å². The highest BCUT2D eigenvalue weighted by molar-refractivity contribution is 5.87. The van der Waals surface area contributed by atoms with E-state index in [-0.39, 0.29) is 5.56 Å². The van der Waals surface area contributed by atoms with Crippen molar-refractivity contribution in [3.05, 3.63) is 47.5 Å². The standard InChI is InChI=1S/C14H11N3O2/c18-14(19)12-5-10(6-15-8-12)1-2-11-7-16-17(9-11)13-3-4-13/h5-9,13H,3-4H2,(H,18,19). The first kappa shape index (κ1) is 11.5. The lowest BCUT2D eigenvalue weighted by atomic mass is 10.2. The van der Waals surface area contributed by atoms with Crippen LogP contribution < -0.4 is 0 Å². The molecule has 0 atom stereocenters. The summed E-state index contributed by atoms with van der Waals surface area (Å²) in [5.74, 6) is 4.86. The number of hydrogen-bond donors (Lipinski definition) is 1. The van der Waals surface area contributed by atoms with Gasteiger partial charge in [0, 0.05) is 24.2 Å². The average molecular weight is 253 g/mol.